The lowest BCUT2D eigenvalue weighted by Gasteiger charge is -2.16. The van der Waals surface area contributed by atoms with Crippen LogP contribution in [0.15, 0.2) is 6.20 Å². The number of anilines is 1. The van der Waals surface area contributed by atoms with Gasteiger partial charge in [0.2, 0.25) is 5.95 Å². The van der Waals surface area contributed by atoms with Gasteiger partial charge in [0.1, 0.15) is 5.69 Å². The van der Waals surface area contributed by atoms with Gasteiger partial charge in [-0.25, -0.2) is 4.98 Å². The van der Waals surface area contributed by atoms with E-state index in [4.69, 9.17) is 5.73 Å². The molecule has 0 aliphatic carbocycles. The summed E-state index contributed by atoms with van der Waals surface area (Å²) in [6.07, 6.45) is 3.39. The van der Waals surface area contributed by atoms with Crippen LogP contribution in [0.3, 0.4) is 0 Å². The quantitative estimate of drug-likeness (QED) is 0.660. The maximum absolute atomic E-state index is 10.6. The molecule has 1 aromatic heterocycles. The Bertz CT molecular complexity index is 347. The highest BCUT2D eigenvalue weighted by Crippen LogP contribution is 2.17. The molecule has 1 aliphatic rings. The number of carbonyl (C=O) groups excluding carboxylic acids is 1. The zero-order valence-electron chi connectivity index (χ0n) is 8.18. The first-order valence-corrected chi connectivity index (χ1v) is 4.70. The summed E-state index contributed by atoms with van der Waals surface area (Å²) in [5.74, 6) is 0.833. The van der Waals surface area contributed by atoms with E-state index in [1.807, 2.05) is 7.05 Å². The molecule has 1 aliphatic heterocycles. The molecule has 1 saturated heterocycles. The van der Waals surface area contributed by atoms with E-state index in [1.54, 1.807) is 10.8 Å². The van der Waals surface area contributed by atoms with Crippen LogP contribution in [0.25, 0.3) is 0 Å². The number of carbonyl (C=O) groups is 1. The largest absolute Gasteiger partial charge is 0.341 e. The van der Waals surface area contributed by atoms with Crippen LogP contribution in [0.1, 0.15) is 16.9 Å². The highest BCUT2D eigenvalue weighted by atomic mass is 16.1. The van der Waals surface area contributed by atoms with Gasteiger partial charge in [0, 0.05) is 26.2 Å². The first-order chi connectivity index (χ1) is 6.72. The predicted molar refractivity (Wildman–Crippen MR) is 53.4 cm³/mol. The molecule has 1 aromatic rings. The number of aromatic nitrogens is 2. The number of hydrogen-bond acceptors (Lipinski definition) is 4. The van der Waals surface area contributed by atoms with Gasteiger partial charge in [-0.3, -0.25) is 4.79 Å². The van der Waals surface area contributed by atoms with Crippen LogP contribution in [-0.4, -0.2) is 35.0 Å². The van der Waals surface area contributed by atoms with Gasteiger partial charge in [0.15, 0.2) is 6.29 Å². The fourth-order valence-corrected chi connectivity index (χ4v) is 1.78. The summed E-state index contributed by atoms with van der Waals surface area (Å²) in [5.41, 5.74) is 6.40. The molecule has 0 aromatic carbocycles. The molecule has 76 valence electrons. The second-order valence-electron chi connectivity index (χ2n) is 3.65. The Labute approximate surface area is 82.5 Å². The first kappa shape index (κ1) is 9.21. The van der Waals surface area contributed by atoms with Crippen molar-refractivity contribution < 1.29 is 4.79 Å². The van der Waals surface area contributed by atoms with Crippen molar-refractivity contribution in [1.29, 1.82) is 0 Å². The second-order valence-corrected chi connectivity index (χ2v) is 3.65. The molecule has 1 unspecified atom stereocenters. The Morgan fingerprint density at radius 2 is 2.50 bits per heavy atom. The number of hydrogen-bond donors (Lipinski definition) is 1. The van der Waals surface area contributed by atoms with Gasteiger partial charge in [0.25, 0.3) is 0 Å². The molecule has 14 heavy (non-hydrogen) atoms. The van der Waals surface area contributed by atoms with Crippen LogP contribution in [0.2, 0.25) is 0 Å². The number of nitrogens with two attached hydrogens (primary N) is 1. The highest BCUT2D eigenvalue weighted by Gasteiger charge is 2.22. The third-order valence-corrected chi connectivity index (χ3v) is 2.63. The Morgan fingerprint density at radius 3 is 3.00 bits per heavy atom. The number of aldehydes is 1. The van der Waals surface area contributed by atoms with Gasteiger partial charge >= 0.3 is 0 Å². The molecule has 1 fully saturated rings. The van der Waals surface area contributed by atoms with Crippen molar-refractivity contribution in [2.75, 3.05) is 18.0 Å². The molecule has 0 bridgehead atoms. The molecule has 1 atom stereocenters. The molecule has 5 nitrogen and oxygen atoms in total. The van der Waals surface area contributed by atoms with Crippen molar-refractivity contribution in [3.63, 3.8) is 0 Å². The maximum Gasteiger partial charge on any atom is 0.205 e. The van der Waals surface area contributed by atoms with Gasteiger partial charge in [0.05, 0.1) is 6.20 Å². The number of nitrogens with zero attached hydrogens (tertiary/aromatic N) is 3. The molecular formula is C9H14N4O. The van der Waals surface area contributed by atoms with Crippen molar-refractivity contribution >= 4 is 12.2 Å². The molecular weight excluding hydrogens is 180 g/mol. The lowest BCUT2D eigenvalue weighted by atomic mass is 10.3. The Kier molecular flexibility index (Phi) is 2.25. The minimum atomic E-state index is 0.228. The Balaban J connectivity index is 2.24. The summed E-state index contributed by atoms with van der Waals surface area (Å²) in [4.78, 5) is 16.9. The van der Waals surface area contributed by atoms with E-state index >= 15 is 0 Å². The van der Waals surface area contributed by atoms with Gasteiger partial charge < -0.3 is 15.2 Å². The zero-order valence-corrected chi connectivity index (χ0v) is 8.18. The molecule has 0 amide bonds. The van der Waals surface area contributed by atoms with E-state index in [2.05, 4.69) is 9.88 Å². The van der Waals surface area contributed by atoms with Gasteiger partial charge in [-0.05, 0) is 6.42 Å². The second kappa shape index (κ2) is 3.42. The summed E-state index contributed by atoms with van der Waals surface area (Å²) < 4.78 is 1.80. The third-order valence-electron chi connectivity index (χ3n) is 2.63. The number of rotatable bonds is 2. The summed E-state index contributed by atoms with van der Waals surface area (Å²) >= 11 is 0. The average Bonchev–Trinajstić information content (AvgIpc) is 2.72. The molecule has 0 spiro atoms. The van der Waals surface area contributed by atoms with E-state index in [1.165, 1.54) is 0 Å². The summed E-state index contributed by atoms with van der Waals surface area (Å²) in [6.45, 7) is 1.74. The van der Waals surface area contributed by atoms with Crippen LogP contribution >= 0.6 is 0 Å². The van der Waals surface area contributed by atoms with Crippen LogP contribution in [0.5, 0.6) is 0 Å². The normalized spacial score (nSPS) is 21.6. The van der Waals surface area contributed by atoms with Crippen LogP contribution in [-0.2, 0) is 7.05 Å². The molecule has 0 radical (unpaired) electrons. The molecule has 5 heteroatoms. The van der Waals surface area contributed by atoms with E-state index in [-0.39, 0.29) is 6.04 Å². The minimum Gasteiger partial charge on any atom is -0.341 e. The standard InChI is InChI=1S/C9H14N4O/c1-12-8(6-14)4-11-9(12)13-3-2-7(10)5-13/h4,6-7H,2-3,5,10H2,1H3. The lowest BCUT2D eigenvalue weighted by molar-refractivity contribution is 0.111. The van der Waals surface area contributed by atoms with E-state index in [0.717, 1.165) is 31.7 Å². The highest BCUT2D eigenvalue weighted by molar-refractivity contribution is 5.73. The SMILES string of the molecule is Cn1c(C=O)cnc1N1CCC(N)C1. The van der Waals surface area contributed by atoms with Crippen molar-refractivity contribution in [3.05, 3.63) is 11.9 Å². The Morgan fingerprint density at radius 1 is 1.71 bits per heavy atom. The molecule has 0 saturated carbocycles. The molecule has 2 N–H and O–H groups in total. The third kappa shape index (κ3) is 1.39. The van der Waals surface area contributed by atoms with Crippen molar-refractivity contribution in [2.24, 2.45) is 12.8 Å². The smallest absolute Gasteiger partial charge is 0.205 e. The molecule has 2 rings (SSSR count). The van der Waals surface area contributed by atoms with E-state index in [0.29, 0.717) is 5.69 Å². The fraction of sp³-hybridized carbons (Fsp3) is 0.556. The summed E-state index contributed by atoms with van der Waals surface area (Å²) in [6, 6.07) is 0.228. The van der Waals surface area contributed by atoms with E-state index in [9.17, 15) is 4.79 Å². The Hall–Kier alpha value is -1.36. The van der Waals surface area contributed by atoms with Crippen LogP contribution < -0.4 is 10.6 Å². The van der Waals surface area contributed by atoms with Gasteiger partial charge in [-0.2, -0.15) is 0 Å². The first-order valence-electron chi connectivity index (χ1n) is 4.70. The van der Waals surface area contributed by atoms with Crippen molar-refractivity contribution in [3.8, 4) is 0 Å². The van der Waals surface area contributed by atoms with Crippen LogP contribution in [0.4, 0.5) is 5.95 Å². The lowest BCUT2D eigenvalue weighted by Crippen LogP contribution is -2.28. The average molecular weight is 194 g/mol. The predicted octanol–water partition coefficient (Wildman–Crippen LogP) is -0.230. The van der Waals surface area contributed by atoms with Gasteiger partial charge in [-0.1, -0.05) is 0 Å². The zero-order chi connectivity index (χ0) is 10.1. The minimum absolute atomic E-state index is 0.228. The van der Waals surface area contributed by atoms with Gasteiger partial charge in [-0.15, -0.1) is 0 Å². The molecule has 2 heterocycles. The number of imidazole rings is 1. The fourth-order valence-electron chi connectivity index (χ4n) is 1.78. The topological polar surface area (TPSA) is 64.2 Å². The summed E-state index contributed by atoms with van der Waals surface area (Å²) in [7, 11) is 1.84. The van der Waals surface area contributed by atoms with Crippen molar-refractivity contribution in [2.45, 2.75) is 12.5 Å². The summed E-state index contributed by atoms with van der Waals surface area (Å²) in [5, 5.41) is 0. The van der Waals surface area contributed by atoms with Crippen LogP contribution in [0, 0.1) is 0 Å². The van der Waals surface area contributed by atoms with E-state index < -0.39 is 0 Å². The monoisotopic (exact) mass is 194 g/mol. The maximum atomic E-state index is 10.6. The van der Waals surface area contributed by atoms with Crippen molar-refractivity contribution in [1.82, 2.24) is 9.55 Å².